The summed E-state index contributed by atoms with van der Waals surface area (Å²) in [5.41, 5.74) is 0. The van der Waals surface area contributed by atoms with Crippen LogP contribution in [0.25, 0.3) is 0 Å². The summed E-state index contributed by atoms with van der Waals surface area (Å²) >= 11 is 0. The van der Waals surface area contributed by atoms with Gasteiger partial charge in [0.15, 0.2) is 0 Å². The lowest BCUT2D eigenvalue weighted by Gasteiger charge is -2.26. The van der Waals surface area contributed by atoms with E-state index in [0.717, 1.165) is 12.8 Å². The van der Waals surface area contributed by atoms with Gasteiger partial charge >= 0.3 is 6.18 Å². The lowest BCUT2D eigenvalue weighted by molar-refractivity contribution is -0.127. The van der Waals surface area contributed by atoms with E-state index in [9.17, 15) is 13.2 Å². The van der Waals surface area contributed by atoms with Gasteiger partial charge < -0.3 is 10.4 Å². The molecule has 0 aromatic rings. The summed E-state index contributed by atoms with van der Waals surface area (Å²) in [6, 6.07) is -0.412. The minimum atomic E-state index is -4.19. The molecule has 0 aromatic carbocycles. The minimum absolute atomic E-state index is 0.216. The van der Waals surface area contributed by atoms with Crippen molar-refractivity contribution in [1.82, 2.24) is 5.32 Å². The molecule has 96 valence electrons. The van der Waals surface area contributed by atoms with E-state index in [1.54, 1.807) is 0 Å². The summed E-state index contributed by atoms with van der Waals surface area (Å²) in [7, 11) is 0. The smallest absolute Gasteiger partial charge is 0.395 e. The van der Waals surface area contributed by atoms with Gasteiger partial charge in [0.25, 0.3) is 0 Å². The van der Waals surface area contributed by atoms with Crippen LogP contribution in [0.4, 0.5) is 13.2 Å². The largest absolute Gasteiger partial charge is 0.401 e. The van der Waals surface area contributed by atoms with Crippen molar-refractivity contribution in [2.45, 2.75) is 50.7 Å². The van der Waals surface area contributed by atoms with Crippen LogP contribution in [-0.4, -0.2) is 30.5 Å². The fourth-order valence-electron chi connectivity index (χ4n) is 2.31. The Labute approximate surface area is 94.2 Å². The number of alkyl halides is 3. The van der Waals surface area contributed by atoms with Crippen molar-refractivity contribution in [3.8, 4) is 0 Å². The van der Waals surface area contributed by atoms with Gasteiger partial charge in [-0.25, -0.2) is 0 Å². The molecule has 1 atom stereocenters. The van der Waals surface area contributed by atoms with E-state index in [4.69, 9.17) is 5.11 Å². The molecule has 0 amide bonds. The van der Waals surface area contributed by atoms with Gasteiger partial charge in [0, 0.05) is 6.04 Å². The first-order valence-electron chi connectivity index (χ1n) is 5.92. The number of halogens is 3. The quantitative estimate of drug-likeness (QED) is 0.772. The number of nitrogens with one attached hydrogen (secondary N) is 1. The van der Waals surface area contributed by atoms with E-state index in [2.05, 4.69) is 5.32 Å². The zero-order chi connectivity index (χ0) is 12.0. The highest BCUT2D eigenvalue weighted by Gasteiger charge is 2.28. The van der Waals surface area contributed by atoms with Crippen LogP contribution in [0.1, 0.15) is 38.5 Å². The van der Waals surface area contributed by atoms with Crippen LogP contribution in [0.15, 0.2) is 0 Å². The fourth-order valence-corrected chi connectivity index (χ4v) is 2.31. The van der Waals surface area contributed by atoms with Gasteiger partial charge in [-0.3, -0.25) is 0 Å². The van der Waals surface area contributed by atoms with Crippen molar-refractivity contribution in [2.75, 3.05) is 13.2 Å². The Morgan fingerprint density at radius 3 is 2.31 bits per heavy atom. The van der Waals surface area contributed by atoms with Crippen molar-refractivity contribution in [2.24, 2.45) is 5.92 Å². The molecule has 0 aromatic heterocycles. The van der Waals surface area contributed by atoms with E-state index in [1.807, 2.05) is 0 Å². The van der Waals surface area contributed by atoms with Crippen LogP contribution in [0.5, 0.6) is 0 Å². The third kappa shape index (κ3) is 5.70. The van der Waals surface area contributed by atoms with Gasteiger partial charge in [-0.15, -0.1) is 0 Å². The average molecular weight is 239 g/mol. The average Bonchev–Trinajstić information content (AvgIpc) is 2.24. The molecule has 0 bridgehead atoms. The van der Waals surface area contributed by atoms with Crippen LogP contribution >= 0.6 is 0 Å². The Morgan fingerprint density at radius 1 is 1.19 bits per heavy atom. The Balaban J connectivity index is 2.25. The maximum Gasteiger partial charge on any atom is 0.401 e. The molecule has 1 aliphatic carbocycles. The second-order valence-electron chi connectivity index (χ2n) is 4.62. The number of rotatable bonds is 5. The van der Waals surface area contributed by atoms with Crippen molar-refractivity contribution in [3.05, 3.63) is 0 Å². The van der Waals surface area contributed by atoms with Gasteiger partial charge in [0.05, 0.1) is 13.2 Å². The zero-order valence-corrected chi connectivity index (χ0v) is 9.39. The van der Waals surface area contributed by atoms with Crippen LogP contribution in [0.3, 0.4) is 0 Å². The highest BCUT2D eigenvalue weighted by molar-refractivity contribution is 4.75. The molecular weight excluding hydrogens is 219 g/mol. The van der Waals surface area contributed by atoms with Crippen LogP contribution in [0.2, 0.25) is 0 Å². The first-order chi connectivity index (χ1) is 7.51. The summed E-state index contributed by atoms with van der Waals surface area (Å²) in [6.45, 7) is -1.22. The highest BCUT2D eigenvalue weighted by atomic mass is 19.4. The maximum atomic E-state index is 12.0. The predicted octanol–water partition coefficient (Wildman–Crippen LogP) is 2.47. The molecule has 0 saturated heterocycles. The Morgan fingerprint density at radius 2 is 1.81 bits per heavy atom. The third-order valence-corrected chi connectivity index (χ3v) is 3.15. The third-order valence-electron chi connectivity index (χ3n) is 3.15. The van der Waals surface area contributed by atoms with E-state index in [0.29, 0.717) is 12.3 Å². The maximum absolute atomic E-state index is 12.0. The Kier molecular flexibility index (Phi) is 5.55. The van der Waals surface area contributed by atoms with Gasteiger partial charge in [-0.1, -0.05) is 32.1 Å². The normalized spacial score (nSPS) is 21.0. The first-order valence-corrected chi connectivity index (χ1v) is 5.92. The lowest BCUT2D eigenvalue weighted by atomic mass is 9.85. The molecule has 1 rings (SSSR count). The number of hydrogen-bond donors (Lipinski definition) is 2. The van der Waals surface area contributed by atoms with E-state index >= 15 is 0 Å². The van der Waals surface area contributed by atoms with Gasteiger partial charge in [0.1, 0.15) is 0 Å². The fraction of sp³-hybridized carbons (Fsp3) is 1.00. The molecule has 0 radical (unpaired) electrons. The van der Waals surface area contributed by atoms with Crippen molar-refractivity contribution in [1.29, 1.82) is 0 Å². The first kappa shape index (κ1) is 13.8. The molecule has 0 aliphatic heterocycles. The second-order valence-corrected chi connectivity index (χ2v) is 4.62. The Hall–Kier alpha value is -0.290. The van der Waals surface area contributed by atoms with Crippen molar-refractivity contribution < 1.29 is 18.3 Å². The topological polar surface area (TPSA) is 32.3 Å². The molecular formula is C11H20F3NO. The molecule has 1 unspecified atom stereocenters. The molecule has 5 heteroatoms. The molecule has 0 spiro atoms. The zero-order valence-electron chi connectivity index (χ0n) is 9.39. The minimum Gasteiger partial charge on any atom is -0.395 e. The number of hydrogen-bond acceptors (Lipinski definition) is 2. The predicted molar refractivity (Wildman–Crippen MR) is 56.1 cm³/mol. The summed E-state index contributed by atoms with van der Waals surface area (Å²) in [5.74, 6) is 0.478. The summed E-state index contributed by atoms with van der Waals surface area (Å²) in [6.07, 6.45) is 2.21. The lowest BCUT2D eigenvalue weighted by Crippen LogP contribution is -2.40. The molecule has 1 saturated carbocycles. The van der Waals surface area contributed by atoms with Crippen LogP contribution in [0, 0.1) is 5.92 Å². The highest BCUT2D eigenvalue weighted by Crippen LogP contribution is 2.27. The van der Waals surface area contributed by atoms with E-state index in [-0.39, 0.29) is 6.61 Å². The van der Waals surface area contributed by atoms with E-state index in [1.165, 1.54) is 19.3 Å². The molecule has 1 aliphatic rings. The van der Waals surface area contributed by atoms with Crippen molar-refractivity contribution >= 4 is 0 Å². The van der Waals surface area contributed by atoms with Crippen molar-refractivity contribution in [3.63, 3.8) is 0 Å². The number of aliphatic hydroxyl groups is 1. The summed E-state index contributed by atoms with van der Waals surface area (Å²) in [5, 5.41) is 11.4. The standard InChI is InChI=1S/C11H20F3NO/c12-11(13,14)8-15-10(7-16)6-9-4-2-1-3-5-9/h9-10,15-16H,1-8H2. The molecule has 0 heterocycles. The van der Waals surface area contributed by atoms with Gasteiger partial charge in [-0.05, 0) is 12.3 Å². The molecule has 2 nitrogen and oxygen atoms in total. The molecule has 16 heavy (non-hydrogen) atoms. The van der Waals surface area contributed by atoms with Gasteiger partial charge in [-0.2, -0.15) is 13.2 Å². The molecule has 2 N–H and O–H groups in total. The Bertz CT molecular complexity index is 190. The molecule has 1 fully saturated rings. The van der Waals surface area contributed by atoms with Crippen LogP contribution < -0.4 is 5.32 Å². The summed E-state index contributed by atoms with van der Waals surface area (Å²) < 4.78 is 36.0. The second kappa shape index (κ2) is 6.45. The van der Waals surface area contributed by atoms with E-state index < -0.39 is 18.8 Å². The summed E-state index contributed by atoms with van der Waals surface area (Å²) in [4.78, 5) is 0. The van der Waals surface area contributed by atoms with Gasteiger partial charge in [0.2, 0.25) is 0 Å². The van der Waals surface area contributed by atoms with Crippen LogP contribution in [-0.2, 0) is 0 Å². The number of aliphatic hydroxyl groups excluding tert-OH is 1. The SMILES string of the molecule is OCC(CC1CCCCC1)NCC(F)(F)F. The monoisotopic (exact) mass is 239 g/mol.